The number of ether oxygens (including phenoxy) is 1. The van der Waals surface area contributed by atoms with Crippen LogP contribution in [0.15, 0.2) is 48.0 Å². The molecule has 1 unspecified atom stereocenters. The number of aliphatic hydroxyl groups is 1. The SMILES string of the molecule is CCN(CC)c1ccc(C2/C(=C(\O)c3cc(C(C)(C)C)ccc3C)C(=O)C(=O)N2CCOC)cc1. The summed E-state index contributed by atoms with van der Waals surface area (Å²) in [5.74, 6) is -1.42. The van der Waals surface area contributed by atoms with Crippen LogP contribution in [0.5, 0.6) is 0 Å². The maximum absolute atomic E-state index is 13.3. The molecule has 6 nitrogen and oxygen atoms in total. The van der Waals surface area contributed by atoms with E-state index in [1.54, 1.807) is 7.11 Å². The van der Waals surface area contributed by atoms with Crippen LogP contribution >= 0.6 is 0 Å². The molecule has 0 aliphatic carbocycles. The lowest BCUT2D eigenvalue weighted by Crippen LogP contribution is -2.32. The number of anilines is 1. The third-order valence-electron chi connectivity index (χ3n) is 6.77. The third-order valence-corrected chi connectivity index (χ3v) is 6.77. The number of amides is 1. The van der Waals surface area contributed by atoms with Crippen LogP contribution in [0.1, 0.15) is 62.9 Å². The summed E-state index contributed by atoms with van der Waals surface area (Å²) in [6.07, 6.45) is 0. The van der Waals surface area contributed by atoms with Crippen molar-refractivity contribution in [1.29, 1.82) is 0 Å². The Balaban J connectivity index is 2.19. The second kappa shape index (κ2) is 10.6. The van der Waals surface area contributed by atoms with E-state index in [0.717, 1.165) is 35.5 Å². The summed E-state index contributed by atoms with van der Waals surface area (Å²) in [7, 11) is 1.56. The van der Waals surface area contributed by atoms with Crippen molar-refractivity contribution < 1.29 is 19.4 Å². The Labute approximate surface area is 209 Å². The van der Waals surface area contributed by atoms with Crippen molar-refractivity contribution in [3.63, 3.8) is 0 Å². The molecule has 1 saturated heterocycles. The number of aliphatic hydroxyl groups excluding tert-OH is 1. The molecular formula is C29H38N2O4. The molecule has 0 spiro atoms. The molecule has 0 saturated carbocycles. The van der Waals surface area contributed by atoms with Crippen LogP contribution < -0.4 is 4.90 Å². The zero-order valence-corrected chi connectivity index (χ0v) is 22.0. The Bertz CT molecular complexity index is 1110. The molecule has 6 heteroatoms. The molecular weight excluding hydrogens is 440 g/mol. The highest BCUT2D eigenvalue weighted by Crippen LogP contribution is 2.40. The number of hydrogen-bond acceptors (Lipinski definition) is 5. The first-order valence-corrected chi connectivity index (χ1v) is 12.3. The van der Waals surface area contributed by atoms with Gasteiger partial charge < -0.3 is 19.6 Å². The van der Waals surface area contributed by atoms with Gasteiger partial charge in [-0.2, -0.15) is 0 Å². The molecule has 1 heterocycles. The number of Topliss-reactive ketones (excluding diaryl/α,β-unsaturated/α-hetero) is 1. The topological polar surface area (TPSA) is 70.1 Å². The molecule has 1 N–H and O–H groups in total. The predicted molar refractivity (Wildman–Crippen MR) is 141 cm³/mol. The van der Waals surface area contributed by atoms with E-state index in [9.17, 15) is 14.7 Å². The molecule has 1 aliphatic heterocycles. The van der Waals surface area contributed by atoms with E-state index in [-0.39, 0.29) is 23.3 Å². The number of hydrogen-bond donors (Lipinski definition) is 1. The van der Waals surface area contributed by atoms with Crippen molar-refractivity contribution in [2.24, 2.45) is 0 Å². The van der Waals surface area contributed by atoms with Gasteiger partial charge in [-0.05, 0) is 61.1 Å². The van der Waals surface area contributed by atoms with Crippen molar-refractivity contribution in [3.05, 3.63) is 70.3 Å². The lowest BCUT2D eigenvalue weighted by atomic mass is 9.84. The first kappa shape index (κ1) is 26.5. The molecule has 0 radical (unpaired) electrons. The van der Waals surface area contributed by atoms with E-state index in [0.29, 0.717) is 12.2 Å². The standard InChI is InChI=1S/C29H38N2O4/c1-8-30(9-2)22-14-11-20(12-15-22)25-24(27(33)28(34)31(25)16-17-35-7)26(32)23-18-21(29(4,5)6)13-10-19(23)3/h10-15,18,25,32H,8-9,16-17H2,1-7H3/b26-24+. The van der Waals surface area contributed by atoms with Crippen LogP contribution in [-0.2, 0) is 19.7 Å². The van der Waals surface area contributed by atoms with Crippen molar-refractivity contribution in [3.8, 4) is 0 Å². The van der Waals surface area contributed by atoms with Crippen LogP contribution in [0.4, 0.5) is 5.69 Å². The lowest BCUT2D eigenvalue weighted by Gasteiger charge is -2.27. The van der Waals surface area contributed by atoms with Gasteiger partial charge in [-0.15, -0.1) is 0 Å². The summed E-state index contributed by atoms with van der Waals surface area (Å²) < 4.78 is 5.21. The van der Waals surface area contributed by atoms with Crippen molar-refractivity contribution >= 4 is 23.1 Å². The number of likely N-dealkylation sites (tertiary alicyclic amines) is 1. The van der Waals surface area contributed by atoms with Crippen LogP contribution in [0.25, 0.3) is 5.76 Å². The summed E-state index contributed by atoms with van der Waals surface area (Å²) in [6.45, 7) is 14.7. The fraction of sp³-hybridized carbons (Fsp3) is 0.448. The number of methoxy groups -OCH3 is 1. The molecule has 1 fully saturated rings. The van der Waals surface area contributed by atoms with E-state index < -0.39 is 17.7 Å². The van der Waals surface area contributed by atoms with Gasteiger partial charge in [0.05, 0.1) is 18.2 Å². The van der Waals surface area contributed by atoms with Gasteiger partial charge in [0, 0.05) is 38.0 Å². The smallest absolute Gasteiger partial charge is 0.295 e. The number of benzene rings is 2. The van der Waals surface area contributed by atoms with Crippen LogP contribution in [0.2, 0.25) is 0 Å². The molecule has 2 aromatic carbocycles. The Kier molecular flexibility index (Phi) is 8.06. The van der Waals surface area contributed by atoms with Crippen LogP contribution in [0.3, 0.4) is 0 Å². The fourth-order valence-corrected chi connectivity index (χ4v) is 4.59. The van der Waals surface area contributed by atoms with Gasteiger partial charge in [-0.1, -0.05) is 45.0 Å². The number of nitrogens with zero attached hydrogens (tertiary/aromatic N) is 2. The molecule has 1 atom stereocenters. The average molecular weight is 479 g/mol. The van der Waals surface area contributed by atoms with E-state index in [1.807, 2.05) is 49.4 Å². The fourth-order valence-electron chi connectivity index (χ4n) is 4.59. The Morgan fingerprint density at radius 2 is 1.69 bits per heavy atom. The molecule has 1 aliphatic rings. The Hall–Kier alpha value is -3.12. The maximum Gasteiger partial charge on any atom is 0.295 e. The first-order chi connectivity index (χ1) is 16.5. The number of rotatable bonds is 8. The van der Waals surface area contributed by atoms with Gasteiger partial charge >= 0.3 is 0 Å². The Morgan fingerprint density at radius 1 is 1.06 bits per heavy atom. The van der Waals surface area contributed by atoms with Crippen molar-refractivity contribution in [2.75, 3.05) is 38.3 Å². The van der Waals surface area contributed by atoms with E-state index in [2.05, 4.69) is 39.5 Å². The van der Waals surface area contributed by atoms with E-state index in [1.165, 1.54) is 4.90 Å². The lowest BCUT2D eigenvalue weighted by molar-refractivity contribution is -0.140. The van der Waals surface area contributed by atoms with Gasteiger partial charge in [0.15, 0.2) is 0 Å². The molecule has 3 rings (SSSR count). The zero-order chi connectivity index (χ0) is 25.9. The zero-order valence-electron chi connectivity index (χ0n) is 22.0. The van der Waals surface area contributed by atoms with E-state index in [4.69, 9.17) is 4.74 Å². The van der Waals surface area contributed by atoms with E-state index >= 15 is 0 Å². The summed E-state index contributed by atoms with van der Waals surface area (Å²) in [4.78, 5) is 30.1. The highest BCUT2D eigenvalue weighted by molar-refractivity contribution is 6.46. The minimum Gasteiger partial charge on any atom is -0.507 e. The molecule has 0 aromatic heterocycles. The molecule has 35 heavy (non-hydrogen) atoms. The van der Waals surface area contributed by atoms with Crippen LogP contribution in [0, 0.1) is 6.92 Å². The minimum atomic E-state index is -0.686. The second-order valence-electron chi connectivity index (χ2n) is 10.0. The normalized spacial score (nSPS) is 17.8. The first-order valence-electron chi connectivity index (χ1n) is 12.3. The van der Waals surface area contributed by atoms with Gasteiger partial charge in [0.1, 0.15) is 5.76 Å². The maximum atomic E-state index is 13.3. The van der Waals surface area contributed by atoms with Crippen molar-refractivity contribution in [2.45, 2.75) is 53.0 Å². The summed E-state index contributed by atoms with van der Waals surface area (Å²) in [5, 5.41) is 11.5. The van der Waals surface area contributed by atoms with Gasteiger partial charge in [-0.3, -0.25) is 9.59 Å². The highest BCUT2D eigenvalue weighted by Gasteiger charge is 2.46. The summed E-state index contributed by atoms with van der Waals surface area (Å²) in [6, 6.07) is 13.1. The van der Waals surface area contributed by atoms with Gasteiger partial charge in [0.25, 0.3) is 11.7 Å². The largest absolute Gasteiger partial charge is 0.507 e. The molecule has 1 amide bonds. The number of carbonyl (C=O) groups excluding carboxylic acids is 2. The number of aryl methyl sites for hydroxylation is 1. The van der Waals surface area contributed by atoms with Gasteiger partial charge in [-0.25, -0.2) is 0 Å². The quantitative estimate of drug-likeness (QED) is 0.321. The highest BCUT2D eigenvalue weighted by atomic mass is 16.5. The Morgan fingerprint density at radius 3 is 2.23 bits per heavy atom. The summed E-state index contributed by atoms with van der Waals surface area (Å²) >= 11 is 0. The molecule has 188 valence electrons. The second-order valence-corrected chi connectivity index (χ2v) is 10.0. The van der Waals surface area contributed by atoms with Crippen LogP contribution in [-0.4, -0.2) is 55.0 Å². The third kappa shape index (κ3) is 5.27. The average Bonchev–Trinajstić information content (AvgIpc) is 3.08. The minimum absolute atomic E-state index is 0.121. The molecule has 0 bridgehead atoms. The van der Waals surface area contributed by atoms with Crippen molar-refractivity contribution in [1.82, 2.24) is 4.90 Å². The predicted octanol–water partition coefficient (Wildman–Crippen LogP) is 5.21. The number of carbonyl (C=O) groups is 2. The van der Waals surface area contributed by atoms with Gasteiger partial charge in [0.2, 0.25) is 0 Å². The summed E-state index contributed by atoms with van der Waals surface area (Å²) in [5.41, 5.74) is 4.30. The number of ketones is 1. The monoisotopic (exact) mass is 478 g/mol. The molecule has 2 aromatic rings.